The molecule has 13 nitrogen and oxygen atoms in total. The summed E-state index contributed by atoms with van der Waals surface area (Å²) >= 11 is 0. The van der Waals surface area contributed by atoms with Gasteiger partial charge in [0.1, 0.15) is 6.04 Å². The van der Waals surface area contributed by atoms with Gasteiger partial charge in [0, 0.05) is 37.4 Å². The molecule has 13 heteroatoms. The Labute approximate surface area is 271 Å². The van der Waals surface area contributed by atoms with E-state index in [2.05, 4.69) is 36.3 Å². The van der Waals surface area contributed by atoms with Crippen LogP contribution < -0.4 is 26.6 Å². The molecule has 46 heavy (non-hydrogen) atoms. The number of carbonyl (C=O) groups is 4. The molecule has 0 radical (unpaired) electrons. The van der Waals surface area contributed by atoms with Crippen LogP contribution in [0.4, 0.5) is 9.59 Å². The lowest BCUT2D eigenvalue weighted by molar-refractivity contribution is -0.127. The molecule has 0 saturated carbocycles. The van der Waals surface area contributed by atoms with E-state index in [0.717, 1.165) is 16.8 Å². The largest absolute Gasteiger partial charge is 0.465 e. The number of aliphatic hydroxyl groups is 1. The normalized spacial score (nSPS) is 14.3. The van der Waals surface area contributed by atoms with E-state index < -0.39 is 53.2 Å². The summed E-state index contributed by atoms with van der Waals surface area (Å²) in [6.45, 7) is 11.5. The third-order valence-electron chi connectivity index (χ3n) is 7.26. The predicted octanol–water partition coefficient (Wildman–Crippen LogP) is 2.69. The molecular weight excluding hydrogens is 592 g/mol. The van der Waals surface area contributed by atoms with Gasteiger partial charge in [0.25, 0.3) is 0 Å². The van der Waals surface area contributed by atoms with Gasteiger partial charge in [0.15, 0.2) is 0 Å². The molecule has 0 aliphatic heterocycles. The van der Waals surface area contributed by atoms with Crippen LogP contribution in [0.3, 0.4) is 0 Å². The molecule has 0 aliphatic rings. The van der Waals surface area contributed by atoms with Gasteiger partial charge in [0.05, 0.1) is 24.9 Å². The Morgan fingerprint density at radius 2 is 1.50 bits per heavy atom. The van der Waals surface area contributed by atoms with Crippen molar-refractivity contribution in [3.05, 3.63) is 54.2 Å². The van der Waals surface area contributed by atoms with E-state index in [1.165, 1.54) is 7.11 Å². The van der Waals surface area contributed by atoms with E-state index in [1.807, 2.05) is 63.2 Å². The minimum Gasteiger partial charge on any atom is -0.465 e. The first-order valence-corrected chi connectivity index (χ1v) is 15.3. The number of hydrogen-bond donors (Lipinski definition) is 7. The molecule has 1 aromatic heterocycles. The summed E-state index contributed by atoms with van der Waals surface area (Å²) in [4.78, 5) is 53.7. The number of methoxy groups -OCH3 is 1. The molecular formula is C33H50N6O7. The Kier molecular flexibility index (Phi) is 14.4. The maximum Gasteiger partial charge on any atom is 0.406 e. The Balaban J connectivity index is 2.15. The molecule has 0 fully saturated rings. The summed E-state index contributed by atoms with van der Waals surface area (Å²) in [6, 6.07) is 11.1. The third-order valence-corrected chi connectivity index (χ3v) is 7.26. The van der Waals surface area contributed by atoms with Gasteiger partial charge in [-0.05, 0) is 41.4 Å². The van der Waals surface area contributed by atoms with Crippen LogP contribution in [-0.4, -0.2) is 90.2 Å². The van der Waals surface area contributed by atoms with E-state index in [1.54, 1.807) is 27.0 Å². The average molecular weight is 643 g/mol. The van der Waals surface area contributed by atoms with Gasteiger partial charge < -0.3 is 41.5 Å². The maximum atomic E-state index is 13.4. The number of aliphatic hydroxyl groups excluding tert-OH is 1. The number of rotatable bonds is 15. The summed E-state index contributed by atoms with van der Waals surface area (Å²) in [5, 5.41) is 34.1. The molecule has 2 rings (SSSR count). The topological polar surface area (TPSA) is 191 Å². The van der Waals surface area contributed by atoms with Crippen LogP contribution in [0.15, 0.2) is 48.7 Å². The van der Waals surface area contributed by atoms with Crippen LogP contribution in [-0.2, 0) is 20.7 Å². The van der Waals surface area contributed by atoms with E-state index in [0.29, 0.717) is 13.0 Å². The second-order valence-electron chi connectivity index (χ2n) is 13.4. The summed E-state index contributed by atoms with van der Waals surface area (Å²) in [5.41, 5.74) is 1.44. The number of aromatic nitrogens is 1. The lowest BCUT2D eigenvalue weighted by Gasteiger charge is -2.32. The van der Waals surface area contributed by atoms with Crippen molar-refractivity contribution in [1.29, 1.82) is 0 Å². The Morgan fingerprint density at radius 1 is 0.848 bits per heavy atom. The number of carboxylic acid groups (broad SMARTS) is 1. The van der Waals surface area contributed by atoms with Crippen molar-refractivity contribution in [1.82, 2.24) is 31.6 Å². The van der Waals surface area contributed by atoms with Gasteiger partial charge in [-0.25, -0.2) is 9.59 Å². The van der Waals surface area contributed by atoms with Gasteiger partial charge >= 0.3 is 12.2 Å². The Hall–Kier alpha value is -4.23. The highest BCUT2D eigenvalue weighted by molar-refractivity contribution is 5.86. The maximum absolute atomic E-state index is 13.4. The highest BCUT2D eigenvalue weighted by atomic mass is 16.5. The van der Waals surface area contributed by atoms with Gasteiger partial charge in [-0.2, -0.15) is 0 Å². The molecule has 0 saturated heterocycles. The molecule has 1 aromatic carbocycles. The van der Waals surface area contributed by atoms with Gasteiger partial charge in [-0.1, -0.05) is 71.9 Å². The number of carbonyl (C=O) groups excluding carboxylic acids is 3. The minimum absolute atomic E-state index is 0.0748. The number of hydrogen-bond acceptors (Lipinski definition) is 8. The number of benzene rings is 1. The zero-order valence-electron chi connectivity index (χ0n) is 27.8. The number of alkyl carbamates (subject to hydrolysis) is 1. The van der Waals surface area contributed by atoms with Gasteiger partial charge in [-0.15, -0.1) is 0 Å². The Morgan fingerprint density at radius 3 is 2.04 bits per heavy atom. The number of ether oxygens (including phenoxy) is 1. The lowest BCUT2D eigenvalue weighted by atomic mass is 9.85. The zero-order chi connectivity index (χ0) is 34.5. The SMILES string of the molecule is COC(=O)NCCNC(C(=O)NCC(O)CC(Cc1ccc(-c2ccccn2)cc1)NC(=O)C(NC(=O)O)C(C)(C)C)C(C)(C)C. The molecule has 7 N–H and O–H groups in total. The molecule has 4 atom stereocenters. The van der Waals surface area contributed by atoms with Crippen molar-refractivity contribution in [3.63, 3.8) is 0 Å². The van der Waals surface area contributed by atoms with Crippen LogP contribution in [0.25, 0.3) is 11.3 Å². The second-order valence-corrected chi connectivity index (χ2v) is 13.4. The molecule has 1 heterocycles. The zero-order valence-corrected chi connectivity index (χ0v) is 27.8. The molecule has 0 spiro atoms. The molecule has 2 aromatic rings. The quantitative estimate of drug-likeness (QED) is 0.143. The lowest BCUT2D eigenvalue weighted by Crippen LogP contribution is -2.56. The van der Waals surface area contributed by atoms with Crippen molar-refractivity contribution in [3.8, 4) is 11.3 Å². The standard InChI is InChI=1S/C33H50N6O7/c1-32(2,3)26(35-16-17-36-31(45)46-7)28(41)37-20-24(40)19-23(38-29(42)27(33(4,5)6)39-30(43)44)18-21-11-13-22(14-12-21)25-10-8-9-15-34-25/h8-15,23-24,26-27,35,39-40H,16-20H2,1-7H3,(H,36,45)(H,37,41)(H,38,42)(H,43,44). The number of pyridine rings is 1. The first-order chi connectivity index (χ1) is 21.5. The summed E-state index contributed by atoms with van der Waals surface area (Å²) in [7, 11) is 1.27. The fraction of sp³-hybridized carbons (Fsp3) is 0.545. The van der Waals surface area contributed by atoms with Gasteiger partial charge in [-0.3, -0.25) is 14.6 Å². The number of nitrogens with zero attached hydrogens (tertiary/aromatic N) is 1. The van der Waals surface area contributed by atoms with Crippen molar-refractivity contribution in [2.45, 2.75) is 78.6 Å². The monoisotopic (exact) mass is 642 g/mol. The molecule has 0 aliphatic carbocycles. The molecule has 4 unspecified atom stereocenters. The fourth-order valence-corrected chi connectivity index (χ4v) is 4.88. The predicted molar refractivity (Wildman–Crippen MR) is 175 cm³/mol. The third kappa shape index (κ3) is 13.0. The first kappa shape index (κ1) is 38.0. The van der Waals surface area contributed by atoms with Crippen molar-refractivity contribution < 1.29 is 34.1 Å². The van der Waals surface area contributed by atoms with E-state index >= 15 is 0 Å². The highest BCUT2D eigenvalue weighted by Gasteiger charge is 2.35. The fourth-order valence-electron chi connectivity index (χ4n) is 4.88. The van der Waals surface area contributed by atoms with E-state index in [9.17, 15) is 29.4 Å². The van der Waals surface area contributed by atoms with E-state index in [-0.39, 0.29) is 25.4 Å². The van der Waals surface area contributed by atoms with Crippen molar-refractivity contribution in [2.24, 2.45) is 10.8 Å². The summed E-state index contributed by atoms with van der Waals surface area (Å²) in [6.07, 6.45) is -0.753. The van der Waals surface area contributed by atoms with Crippen LogP contribution in [0.5, 0.6) is 0 Å². The highest BCUT2D eigenvalue weighted by Crippen LogP contribution is 2.22. The van der Waals surface area contributed by atoms with Crippen LogP contribution in [0.1, 0.15) is 53.5 Å². The average Bonchev–Trinajstić information content (AvgIpc) is 2.97. The molecule has 4 amide bonds. The minimum atomic E-state index is -1.32. The van der Waals surface area contributed by atoms with Crippen molar-refractivity contribution in [2.75, 3.05) is 26.7 Å². The smallest absolute Gasteiger partial charge is 0.406 e. The summed E-state index contributed by atoms with van der Waals surface area (Å²) in [5.74, 6) is -0.840. The number of amides is 4. The second kappa shape index (κ2) is 17.5. The van der Waals surface area contributed by atoms with Crippen LogP contribution in [0.2, 0.25) is 0 Å². The molecule has 254 valence electrons. The number of nitrogens with one attached hydrogen (secondary N) is 5. The van der Waals surface area contributed by atoms with Crippen LogP contribution in [0, 0.1) is 10.8 Å². The first-order valence-electron chi connectivity index (χ1n) is 15.3. The van der Waals surface area contributed by atoms with E-state index in [4.69, 9.17) is 0 Å². The summed E-state index contributed by atoms with van der Waals surface area (Å²) < 4.78 is 4.56. The molecule has 0 bridgehead atoms. The van der Waals surface area contributed by atoms with Gasteiger partial charge in [0.2, 0.25) is 11.8 Å². The Bertz CT molecular complexity index is 1280. The van der Waals surface area contributed by atoms with Crippen LogP contribution >= 0.6 is 0 Å². The van der Waals surface area contributed by atoms with Crippen molar-refractivity contribution >= 4 is 24.0 Å².